The summed E-state index contributed by atoms with van der Waals surface area (Å²) in [6.45, 7) is 4.23. The molecule has 1 aromatic heterocycles. The van der Waals surface area contributed by atoms with E-state index in [-0.39, 0.29) is 5.37 Å². The molecule has 3 nitrogen and oxygen atoms in total. The Morgan fingerprint density at radius 2 is 1.53 bits per heavy atom. The minimum Gasteiger partial charge on any atom is -0.337 e. The molecule has 1 atom stereocenters. The Morgan fingerprint density at radius 1 is 0.947 bits per heavy atom. The van der Waals surface area contributed by atoms with Gasteiger partial charge in [-0.1, -0.05) is 46.0 Å². The Bertz CT molecular complexity index is 423. The van der Waals surface area contributed by atoms with Crippen LogP contribution in [0.5, 0.6) is 0 Å². The van der Waals surface area contributed by atoms with Gasteiger partial charge in [-0.2, -0.15) is 0 Å². The zero-order valence-corrected chi connectivity index (χ0v) is 13.0. The van der Waals surface area contributed by atoms with Crippen molar-refractivity contribution in [1.82, 2.24) is 4.57 Å². The average Bonchev–Trinajstić information content (AvgIpc) is 2.88. The Morgan fingerprint density at radius 3 is 2.11 bits per heavy atom. The third-order valence-corrected chi connectivity index (χ3v) is 5.63. The molecule has 0 radical (unpaired) electrons. The van der Waals surface area contributed by atoms with Crippen LogP contribution in [-0.2, 0) is 9.84 Å². The third-order valence-electron chi connectivity index (χ3n) is 3.46. The second kappa shape index (κ2) is 8.41. The van der Waals surface area contributed by atoms with E-state index in [0.29, 0.717) is 5.75 Å². The van der Waals surface area contributed by atoms with Crippen molar-refractivity contribution < 1.29 is 8.42 Å². The number of nitrogens with zero attached hydrogens (tertiary/aromatic N) is 1. The van der Waals surface area contributed by atoms with Gasteiger partial charge in [0.25, 0.3) is 0 Å². The number of unbranched alkanes of at least 4 members (excludes halogenated alkanes) is 4. The van der Waals surface area contributed by atoms with E-state index in [9.17, 15) is 8.42 Å². The van der Waals surface area contributed by atoms with Crippen molar-refractivity contribution >= 4 is 9.84 Å². The number of aromatic nitrogens is 1. The number of sulfone groups is 1. The molecule has 0 aliphatic heterocycles. The molecule has 0 bridgehead atoms. The number of hydrogen-bond donors (Lipinski definition) is 0. The van der Waals surface area contributed by atoms with E-state index in [1.807, 2.05) is 29.1 Å². The van der Waals surface area contributed by atoms with Crippen LogP contribution in [0, 0.1) is 0 Å². The zero-order valence-electron chi connectivity index (χ0n) is 12.2. The van der Waals surface area contributed by atoms with Crippen molar-refractivity contribution in [2.24, 2.45) is 0 Å². The lowest BCUT2D eigenvalue weighted by atomic mass is 10.2. The van der Waals surface area contributed by atoms with Crippen LogP contribution in [0.1, 0.15) is 64.2 Å². The largest absolute Gasteiger partial charge is 0.337 e. The maximum Gasteiger partial charge on any atom is 0.171 e. The van der Waals surface area contributed by atoms with Crippen LogP contribution in [0.2, 0.25) is 0 Å². The van der Waals surface area contributed by atoms with Crippen LogP contribution in [0.25, 0.3) is 0 Å². The van der Waals surface area contributed by atoms with Gasteiger partial charge >= 0.3 is 0 Å². The van der Waals surface area contributed by atoms with E-state index >= 15 is 0 Å². The third kappa shape index (κ3) is 5.39. The molecule has 1 unspecified atom stereocenters. The first-order chi connectivity index (χ1) is 9.11. The fourth-order valence-corrected chi connectivity index (χ4v) is 4.23. The summed E-state index contributed by atoms with van der Waals surface area (Å²) in [5.74, 6) is 0.315. The van der Waals surface area contributed by atoms with Crippen LogP contribution < -0.4 is 0 Å². The molecule has 0 spiro atoms. The van der Waals surface area contributed by atoms with Gasteiger partial charge in [0.15, 0.2) is 9.84 Å². The van der Waals surface area contributed by atoms with Gasteiger partial charge in [0.1, 0.15) is 5.37 Å². The molecule has 1 heterocycles. The van der Waals surface area contributed by atoms with Gasteiger partial charge in [0.05, 0.1) is 5.75 Å². The highest BCUT2D eigenvalue weighted by molar-refractivity contribution is 7.91. The van der Waals surface area contributed by atoms with Gasteiger partial charge in [-0.15, -0.1) is 0 Å². The number of hydrogen-bond acceptors (Lipinski definition) is 2. The van der Waals surface area contributed by atoms with Crippen LogP contribution in [0.15, 0.2) is 24.5 Å². The highest BCUT2D eigenvalue weighted by Crippen LogP contribution is 2.24. The lowest BCUT2D eigenvalue weighted by molar-refractivity contribution is 0.507. The molecule has 19 heavy (non-hydrogen) atoms. The lowest BCUT2D eigenvalue weighted by Gasteiger charge is -2.19. The summed E-state index contributed by atoms with van der Waals surface area (Å²) >= 11 is 0. The van der Waals surface area contributed by atoms with Gasteiger partial charge in [-0.05, 0) is 25.0 Å². The van der Waals surface area contributed by atoms with Crippen molar-refractivity contribution in [3.8, 4) is 0 Å². The maximum atomic E-state index is 12.5. The molecular weight excluding hydrogens is 258 g/mol. The Hall–Kier alpha value is -0.770. The molecule has 0 aliphatic carbocycles. The van der Waals surface area contributed by atoms with Crippen molar-refractivity contribution in [2.75, 3.05) is 5.75 Å². The summed E-state index contributed by atoms with van der Waals surface area (Å²) < 4.78 is 26.8. The van der Waals surface area contributed by atoms with Crippen LogP contribution in [-0.4, -0.2) is 18.7 Å². The van der Waals surface area contributed by atoms with Gasteiger partial charge < -0.3 is 4.57 Å². The Kier molecular flexibility index (Phi) is 7.21. The van der Waals surface area contributed by atoms with Crippen molar-refractivity contribution in [1.29, 1.82) is 0 Å². The normalized spacial score (nSPS) is 13.6. The van der Waals surface area contributed by atoms with Gasteiger partial charge in [-0.25, -0.2) is 8.42 Å². The SMILES string of the molecule is CCCCCC(n1cccc1)S(=O)(=O)CCCCC. The van der Waals surface area contributed by atoms with Crippen LogP contribution >= 0.6 is 0 Å². The van der Waals surface area contributed by atoms with E-state index in [1.165, 1.54) is 0 Å². The molecule has 0 saturated carbocycles. The molecule has 0 aromatic carbocycles. The highest BCUT2D eigenvalue weighted by Gasteiger charge is 2.25. The Balaban J connectivity index is 2.72. The van der Waals surface area contributed by atoms with E-state index in [1.54, 1.807) is 0 Å². The topological polar surface area (TPSA) is 39.1 Å². The summed E-state index contributed by atoms with van der Waals surface area (Å²) in [6.07, 6.45) is 10.5. The first-order valence-electron chi connectivity index (χ1n) is 7.45. The molecule has 4 heteroatoms. The quantitative estimate of drug-likeness (QED) is 0.605. The van der Waals surface area contributed by atoms with E-state index in [4.69, 9.17) is 0 Å². The van der Waals surface area contributed by atoms with Gasteiger partial charge in [0, 0.05) is 12.4 Å². The monoisotopic (exact) mass is 285 g/mol. The molecule has 110 valence electrons. The maximum absolute atomic E-state index is 12.5. The lowest BCUT2D eigenvalue weighted by Crippen LogP contribution is -2.22. The minimum absolute atomic E-state index is 0.315. The van der Waals surface area contributed by atoms with Gasteiger partial charge in [-0.3, -0.25) is 0 Å². The highest BCUT2D eigenvalue weighted by atomic mass is 32.2. The fourth-order valence-electron chi connectivity index (χ4n) is 2.31. The average molecular weight is 285 g/mol. The predicted molar refractivity (Wildman–Crippen MR) is 80.9 cm³/mol. The molecule has 1 aromatic rings. The van der Waals surface area contributed by atoms with Gasteiger partial charge in [0.2, 0.25) is 0 Å². The first-order valence-corrected chi connectivity index (χ1v) is 9.17. The molecule has 0 fully saturated rings. The molecule has 0 saturated heterocycles. The predicted octanol–water partition coefficient (Wildman–Crippen LogP) is 4.17. The Labute approximate surface area is 117 Å². The van der Waals surface area contributed by atoms with Crippen molar-refractivity contribution in [3.63, 3.8) is 0 Å². The fraction of sp³-hybridized carbons (Fsp3) is 0.733. The molecule has 0 amide bonds. The van der Waals surface area contributed by atoms with Crippen LogP contribution in [0.3, 0.4) is 0 Å². The molecule has 1 rings (SSSR count). The summed E-state index contributed by atoms with van der Waals surface area (Å²) in [5.41, 5.74) is 0. The summed E-state index contributed by atoms with van der Waals surface area (Å²) in [5, 5.41) is -0.370. The second-order valence-electron chi connectivity index (χ2n) is 5.15. The minimum atomic E-state index is -3.04. The second-order valence-corrected chi connectivity index (χ2v) is 7.43. The number of rotatable bonds is 10. The zero-order chi connectivity index (χ0) is 14.1. The molecule has 0 N–H and O–H groups in total. The van der Waals surface area contributed by atoms with E-state index in [0.717, 1.165) is 44.9 Å². The molecule has 0 aliphatic rings. The van der Waals surface area contributed by atoms with Crippen molar-refractivity contribution in [3.05, 3.63) is 24.5 Å². The standard InChI is InChI=1S/C15H27NO2S/c1-3-5-7-11-15(16-12-8-9-13-16)19(17,18)14-10-6-4-2/h8-9,12-13,15H,3-7,10-11,14H2,1-2H3. The van der Waals surface area contributed by atoms with Crippen LogP contribution in [0.4, 0.5) is 0 Å². The smallest absolute Gasteiger partial charge is 0.171 e. The summed E-state index contributed by atoms with van der Waals surface area (Å²) in [7, 11) is -3.04. The van der Waals surface area contributed by atoms with E-state index < -0.39 is 9.84 Å². The first kappa shape index (κ1) is 16.3. The van der Waals surface area contributed by atoms with Crippen molar-refractivity contribution in [2.45, 2.75) is 64.2 Å². The summed E-state index contributed by atoms with van der Waals surface area (Å²) in [6, 6.07) is 3.79. The van der Waals surface area contributed by atoms with E-state index in [2.05, 4.69) is 13.8 Å². The molecular formula is C15H27NO2S. The summed E-state index contributed by atoms with van der Waals surface area (Å²) in [4.78, 5) is 0.